The van der Waals surface area contributed by atoms with E-state index in [1.807, 2.05) is 13.0 Å². The molecule has 0 aliphatic carbocycles. The highest BCUT2D eigenvalue weighted by molar-refractivity contribution is 5.93. The maximum atomic E-state index is 12.1. The van der Waals surface area contributed by atoms with Crippen molar-refractivity contribution in [2.24, 2.45) is 10.9 Å². The summed E-state index contributed by atoms with van der Waals surface area (Å²) in [6.45, 7) is 9.48. The minimum atomic E-state index is -0.0941. The number of nitrogens with zero attached hydrogens (tertiary/aromatic N) is 2. The Hall–Kier alpha value is -2.73. The van der Waals surface area contributed by atoms with Crippen LogP contribution in [0.25, 0.3) is 16.5 Å². The molecule has 25 heavy (non-hydrogen) atoms. The number of amides is 1. The highest BCUT2D eigenvalue weighted by Gasteiger charge is 2.13. The molecule has 2 heterocycles. The maximum Gasteiger partial charge on any atom is 0.225 e. The van der Waals surface area contributed by atoms with E-state index in [0.29, 0.717) is 18.7 Å². The third-order valence-corrected chi connectivity index (χ3v) is 4.09. The molecule has 2 aromatic rings. The van der Waals surface area contributed by atoms with Crippen LogP contribution in [-0.2, 0) is 4.79 Å². The van der Waals surface area contributed by atoms with Crippen LogP contribution in [0.5, 0.6) is 0 Å². The molecule has 132 valence electrons. The fourth-order valence-electron chi connectivity index (χ4n) is 2.59. The zero-order valence-electron chi connectivity index (χ0n) is 14.5. The number of rotatable bonds is 9. The number of H-pyrrole nitrogens is 1. The molecule has 0 spiro atoms. The van der Waals surface area contributed by atoms with Crippen LogP contribution in [0.2, 0.25) is 0 Å². The second-order valence-corrected chi connectivity index (χ2v) is 5.90. The van der Waals surface area contributed by atoms with Crippen molar-refractivity contribution < 1.29 is 9.90 Å². The Kier molecular flexibility index (Phi) is 6.65. The first-order valence-corrected chi connectivity index (χ1v) is 8.28. The second-order valence-electron chi connectivity index (χ2n) is 5.90. The van der Waals surface area contributed by atoms with Gasteiger partial charge in [0.15, 0.2) is 0 Å². The van der Waals surface area contributed by atoms with Gasteiger partial charge in [0.25, 0.3) is 0 Å². The fraction of sp³-hybridized carbons (Fsp3) is 0.316. The third-order valence-electron chi connectivity index (χ3n) is 4.09. The van der Waals surface area contributed by atoms with Crippen LogP contribution >= 0.6 is 0 Å². The summed E-state index contributed by atoms with van der Waals surface area (Å²) in [7, 11) is 0. The van der Waals surface area contributed by atoms with Gasteiger partial charge in [-0.2, -0.15) is 0 Å². The Balaban J connectivity index is 2.10. The number of aromatic nitrogens is 2. The summed E-state index contributed by atoms with van der Waals surface area (Å²) in [5.41, 5.74) is 2.50. The summed E-state index contributed by atoms with van der Waals surface area (Å²) in [6, 6.07) is 3.74. The molecule has 0 saturated heterocycles. The van der Waals surface area contributed by atoms with Gasteiger partial charge in [0.2, 0.25) is 5.91 Å². The van der Waals surface area contributed by atoms with Crippen molar-refractivity contribution in [3.63, 3.8) is 0 Å². The van der Waals surface area contributed by atoms with Crippen molar-refractivity contribution in [2.75, 3.05) is 11.9 Å². The smallest absolute Gasteiger partial charge is 0.225 e. The number of allylic oxidation sites excluding steroid dienone is 2. The molecule has 0 radical (unpaired) electrons. The van der Waals surface area contributed by atoms with Crippen LogP contribution in [-0.4, -0.2) is 34.3 Å². The Morgan fingerprint density at radius 2 is 2.32 bits per heavy atom. The lowest BCUT2D eigenvalue weighted by atomic mass is 9.98. The van der Waals surface area contributed by atoms with Crippen LogP contribution in [0, 0.1) is 5.92 Å². The molecule has 0 fully saturated rings. The van der Waals surface area contributed by atoms with E-state index in [2.05, 4.69) is 33.6 Å². The maximum absolute atomic E-state index is 12.1. The van der Waals surface area contributed by atoms with E-state index in [-0.39, 0.29) is 18.4 Å². The van der Waals surface area contributed by atoms with Crippen molar-refractivity contribution in [2.45, 2.75) is 26.2 Å². The molecule has 0 saturated carbocycles. The minimum Gasteiger partial charge on any atom is -0.396 e. The Labute approximate surface area is 147 Å². The summed E-state index contributed by atoms with van der Waals surface area (Å²) in [4.78, 5) is 23.3. The van der Waals surface area contributed by atoms with Gasteiger partial charge in [-0.1, -0.05) is 19.9 Å². The number of nitrogens with one attached hydrogen (secondary N) is 2. The van der Waals surface area contributed by atoms with Crippen molar-refractivity contribution in [3.05, 3.63) is 42.9 Å². The van der Waals surface area contributed by atoms with Crippen LogP contribution in [0.3, 0.4) is 0 Å². The molecule has 0 aromatic carbocycles. The van der Waals surface area contributed by atoms with Gasteiger partial charge in [0.05, 0.1) is 5.52 Å². The van der Waals surface area contributed by atoms with Gasteiger partial charge in [-0.25, -0.2) is 4.98 Å². The van der Waals surface area contributed by atoms with Crippen LogP contribution in [0.1, 0.15) is 31.9 Å². The predicted octanol–water partition coefficient (Wildman–Crippen LogP) is 3.53. The number of pyridine rings is 1. The molecule has 6 nitrogen and oxygen atoms in total. The van der Waals surface area contributed by atoms with Gasteiger partial charge in [0.1, 0.15) is 5.82 Å². The molecule has 1 atom stereocenters. The molecule has 0 aliphatic rings. The molecule has 1 unspecified atom stereocenters. The summed E-state index contributed by atoms with van der Waals surface area (Å²) < 4.78 is 0. The van der Waals surface area contributed by atoms with Gasteiger partial charge in [-0.15, -0.1) is 0 Å². The number of aromatic amines is 1. The largest absolute Gasteiger partial charge is 0.396 e. The number of aliphatic imine (C=N–C) groups is 1. The first-order valence-electron chi connectivity index (χ1n) is 8.28. The van der Waals surface area contributed by atoms with E-state index >= 15 is 0 Å². The second kappa shape index (κ2) is 8.94. The van der Waals surface area contributed by atoms with E-state index in [4.69, 9.17) is 5.11 Å². The number of carbonyl (C=O) groups is 1. The first kappa shape index (κ1) is 18.6. The zero-order chi connectivity index (χ0) is 18.2. The molecular weight excluding hydrogens is 316 g/mol. The van der Waals surface area contributed by atoms with Gasteiger partial charge in [-0.05, 0) is 36.8 Å². The van der Waals surface area contributed by atoms with Crippen molar-refractivity contribution >= 4 is 34.9 Å². The van der Waals surface area contributed by atoms with Crippen molar-refractivity contribution in [1.82, 2.24) is 9.97 Å². The highest BCUT2D eigenvalue weighted by Crippen LogP contribution is 2.22. The lowest BCUT2D eigenvalue weighted by Gasteiger charge is -2.12. The molecule has 0 bridgehead atoms. The Bertz CT molecular complexity index is 792. The first-order chi connectivity index (χ1) is 12.1. The molecule has 2 aromatic heterocycles. The van der Waals surface area contributed by atoms with Gasteiger partial charge in [-0.3, -0.25) is 9.79 Å². The summed E-state index contributed by atoms with van der Waals surface area (Å²) in [5, 5.41) is 12.8. The average Bonchev–Trinajstić information content (AvgIpc) is 3.02. The minimum absolute atomic E-state index is 0.0941. The predicted molar refractivity (Wildman–Crippen MR) is 103 cm³/mol. The number of fused-ring (bicyclic) bond motifs is 1. The zero-order valence-corrected chi connectivity index (χ0v) is 14.5. The number of aliphatic hydroxyl groups is 1. The molecule has 1 amide bonds. The van der Waals surface area contributed by atoms with Crippen LogP contribution in [0.15, 0.2) is 42.2 Å². The molecular formula is C19H24N4O2. The number of hydrogen-bond donors (Lipinski definition) is 3. The number of carbonyl (C=O) groups excluding carboxylic acids is 1. The van der Waals surface area contributed by atoms with E-state index in [1.54, 1.807) is 24.5 Å². The fourth-order valence-corrected chi connectivity index (χ4v) is 2.59. The molecule has 6 heteroatoms. The van der Waals surface area contributed by atoms with Crippen LogP contribution in [0.4, 0.5) is 5.82 Å². The lowest BCUT2D eigenvalue weighted by molar-refractivity contribution is -0.117. The van der Waals surface area contributed by atoms with Gasteiger partial charge >= 0.3 is 0 Å². The highest BCUT2D eigenvalue weighted by atomic mass is 16.3. The van der Waals surface area contributed by atoms with E-state index in [0.717, 1.165) is 28.6 Å². The monoisotopic (exact) mass is 340 g/mol. The topological polar surface area (TPSA) is 90.4 Å². The molecule has 3 N–H and O–H groups in total. The SMILES string of the molecule is C=N/C=C\C(=C)c1cc2cnc(NC(=O)CC(CC)CCO)cc2[nH]1. The van der Waals surface area contributed by atoms with E-state index < -0.39 is 0 Å². The summed E-state index contributed by atoms with van der Waals surface area (Å²) in [6.07, 6.45) is 6.91. The number of aliphatic hydroxyl groups excluding tert-OH is 1. The summed E-state index contributed by atoms with van der Waals surface area (Å²) in [5.74, 6) is 0.585. The molecule has 0 aliphatic heterocycles. The standard InChI is InChI=1S/C19H24N4O2/c1-4-14(6-8-24)9-19(25)23-18-11-17-15(12-21-18)10-16(22-17)13(2)5-7-20-3/h5,7,10-12,14,22,24H,2-4,6,8-9H2,1H3,(H,21,23,25)/b7-5-. The average molecular weight is 340 g/mol. The quantitative estimate of drug-likeness (QED) is 0.482. The van der Waals surface area contributed by atoms with Crippen molar-refractivity contribution in [3.8, 4) is 0 Å². The third kappa shape index (κ3) is 5.12. The van der Waals surface area contributed by atoms with Gasteiger partial charge < -0.3 is 15.4 Å². The van der Waals surface area contributed by atoms with E-state index in [1.165, 1.54) is 0 Å². The Morgan fingerprint density at radius 1 is 1.52 bits per heavy atom. The summed E-state index contributed by atoms with van der Waals surface area (Å²) >= 11 is 0. The molecule has 2 rings (SSSR count). The normalized spacial score (nSPS) is 12.4. The van der Waals surface area contributed by atoms with Crippen molar-refractivity contribution in [1.29, 1.82) is 0 Å². The number of anilines is 1. The lowest BCUT2D eigenvalue weighted by Crippen LogP contribution is -2.17. The van der Waals surface area contributed by atoms with Gasteiger partial charge in [0, 0.05) is 42.6 Å². The Morgan fingerprint density at radius 3 is 3.00 bits per heavy atom. The number of hydrogen-bond acceptors (Lipinski definition) is 4. The van der Waals surface area contributed by atoms with E-state index in [9.17, 15) is 4.79 Å². The van der Waals surface area contributed by atoms with Crippen LogP contribution < -0.4 is 5.32 Å².